The fraction of sp³-hybridized carbons (Fsp3) is 0.190. The van der Waals surface area contributed by atoms with Crippen LogP contribution >= 0.6 is 11.6 Å². The number of ether oxygens (including phenoxy) is 1. The van der Waals surface area contributed by atoms with Gasteiger partial charge in [-0.15, -0.1) is 0 Å². The molecule has 0 atom stereocenters. The number of methoxy groups -OCH3 is 1. The third-order valence-electron chi connectivity index (χ3n) is 4.27. The van der Waals surface area contributed by atoms with Crippen molar-refractivity contribution in [1.29, 1.82) is 0 Å². The smallest absolute Gasteiger partial charge is 0.157 e. The van der Waals surface area contributed by atoms with E-state index >= 15 is 0 Å². The number of benzene rings is 1. The van der Waals surface area contributed by atoms with Crippen molar-refractivity contribution in [2.24, 2.45) is 4.99 Å². The number of hydrogen-bond donors (Lipinski definition) is 0. The van der Waals surface area contributed by atoms with Crippen LogP contribution in [0.2, 0.25) is 5.15 Å². The molecule has 27 heavy (non-hydrogen) atoms. The molecule has 3 rings (SSSR count). The summed E-state index contributed by atoms with van der Waals surface area (Å²) in [6, 6.07) is 13.5. The van der Waals surface area contributed by atoms with Gasteiger partial charge in [0.1, 0.15) is 10.9 Å². The van der Waals surface area contributed by atoms with Crippen LogP contribution in [-0.4, -0.2) is 28.6 Å². The Hall–Kier alpha value is -2.92. The molecule has 0 fully saturated rings. The van der Waals surface area contributed by atoms with E-state index in [1.54, 1.807) is 13.2 Å². The van der Waals surface area contributed by atoms with E-state index in [0.29, 0.717) is 11.7 Å². The van der Waals surface area contributed by atoms with Crippen LogP contribution in [0.15, 0.2) is 47.5 Å². The monoisotopic (exact) mass is 380 g/mol. The average Bonchev–Trinajstić information content (AvgIpc) is 2.96. The van der Waals surface area contributed by atoms with E-state index in [0.717, 1.165) is 39.7 Å². The zero-order chi connectivity index (χ0) is 19.4. The molecule has 1 aromatic carbocycles. The molecule has 2 heterocycles. The van der Waals surface area contributed by atoms with Crippen LogP contribution in [0.4, 0.5) is 5.82 Å². The maximum absolute atomic E-state index is 6.01. The number of aryl methyl sites for hydroxylation is 1. The van der Waals surface area contributed by atoms with Crippen LogP contribution in [0.1, 0.15) is 29.4 Å². The van der Waals surface area contributed by atoms with Gasteiger partial charge in [-0.25, -0.2) is 14.7 Å². The van der Waals surface area contributed by atoms with Crippen molar-refractivity contribution in [3.8, 4) is 5.75 Å². The number of halogens is 1. The Morgan fingerprint density at radius 2 is 2.00 bits per heavy atom. The maximum atomic E-state index is 6.01. The van der Waals surface area contributed by atoms with E-state index in [-0.39, 0.29) is 0 Å². The van der Waals surface area contributed by atoms with Crippen molar-refractivity contribution in [3.63, 3.8) is 0 Å². The molecular weight excluding hydrogens is 360 g/mol. The Kier molecular flexibility index (Phi) is 5.72. The first kappa shape index (κ1) is 18.9. The van der Waals surface area contributed by atoms with Crippen LogP contribution in [0, 0.1) is 6.92 Å². The van der Waals surface area contributed by atoms with Crippen molar-refractivity contribution in [2.45, 2.75) is 20.4 Å². The summed E-state index contributed by atoms with van der Waals surface area (Å²) in [5.74, 6) is 1.55. The van der Waals surface area contributed by atoms with Crippen molar-refractivity contribution in [1.82, 2.24) is 14.8 Å². The molecule has 0 saturated heterocycles. The molecule has 0 saturated carbocycles. The highest BCUT2D eigenvalue weighted by molar-refractivity contribution is 6.29. The van der Waals surface area contributed by atoms with E-state index in [1.165, 1.54) is 0 Å². The van der Waals surface area contributed by atoms with E-state index < -0.39 is 0 Å². The van der Waals surface area contributed by atoms with Crippen LogP contribution < -0.4 is 4.74 Å². The van der Waals surface area contributed by atoms with Crippen molar-refractivity contribution in [2.75, 3.05) is 7.11 Å². The Labute approximate surface area is 164 Å². The predicted molar refractivity (Wildman–Crippen MR) is 111 cm³/mol. The highest BCUT2D eigenvalue weighted by Crippen LogP contribution is 2.28. The van der Waals surface area contributed by atoms with Crippen molar-refractivity contribution in [3.05, 3.63) is 70.1 Å². The van der Waals surface area contributed by atoms with Crippen molar-refractivity contribution >= 4 is 35.8 Å². The van der Waals surface area contributed by atoms with Crippen LogP contribution in [-0.2, 0) is 6.54 Å². The predicted octanol–water partition coefficient (Wildman–Crippen LogP) is 5.19. The van der Waals surface area contributed by atoms with Gasteiger partial charge in [0, 0.05) is 5.56 Å². The first-order valence-corrected chi connectivity index (χ1v) is 8.88. The zero-order valence-corrected chi connectivity index (χ0v) is 16.4. The van der Waals surface area contributed by atoms with Gasteiger partial charge in [0.2, 0.25) is 0 Å². The highest BCUT2D eigenvalue weighted by Gasteiger charge is 2.14. The minimum absolute atomic E-state index is 0.467. The first-order valence-electron chi connectivity index (χ1n) is 8.50. The molecule has 0 bridgehead atoms. The van der Waals surface area contributed by atoms with Gasteiger partial charge in [0.25, 0.3) is 0 Å². The molecule has 0 aliphatic rings. The molecule has 0 aliphatic carbocycles. The molecule has 0 spiro atoms. The number of pyridine rings is 1. The fourth-order valence-electron chi connectivity index (χ4n) is 2.85. The largest absolute Gasteiger partial charge is 0.497 e. The second-order valence-corrected chi connectivity index (χ2v) is 6.55. The quantitative estimate of drug-likeness (QED) is 0.436. The summed E-state index contributed by atoms with van der Waals surface area (Å²) in [5.41, 5.74) is 4.71. The van der Waals surface area contributed by atoms with Gasteiger partial charge in [-0.05, 0) is 62.0 Å². The third kappa shape index (κ3) is 4.26. The Bertz CT molecular complexity index is 990. The summed E-state index contributed by atoms with van der Waals surface area (Å²) >= 11 is 6.01. The molecule has 5 nitrogen and oxygen atoms in total. The van der Waals surface area contributed by atoms with E-state index in [1.807, 2.05) is 61.0 Å². The summed E-state index contributed by atoms with van der Waals surface area (Å²) in [6.45, 7) is 8.28. The minimum Gasteiger partial charge on any atom is -0.497 e. The number of allylic oxidation sites excluding steroid dienone is 1. The van der Waals surface area contributed by atoms with Crippen LogP contribution in [0.3, 0.4) is 0 Å². The standard InChI is InChI=1S/C21H21ClN4O/c1-14(19-6-5-7-20(22)24-19)12-18-15(2)25-26(21(18)23-3)13-16-8-10-17(27-4)11-9-16/h5-12H,3,13H2,1-2,4H3/b14-12+. The second-order valence-electron chi connectivity index (χ2n) is 6.16. The molecular formula is C21H21ClN4O. The molecule has 0 unspecified atom stereocenters. The lowest BCUT2D eigenvalue weighted by atomic mass is 10.1. The molecule has 0 radical (unpaired) electrons. The average molecular weight is 381 g/mol. The molecule has 3 aromatic rings. The fourth-order valence-corrected chi connectivity index (χ4v) is 3.02. The summed E-state index contributed by atoms with van der Waals surface area (Å²) in [7, 11) is 1.65. The number of aliphatic imine (C=N–C) groups is 1. The molecule has 138 valence electrons. The third-order valence-corrected chi connectivity index (χ3v) is 4.48. The Morgan fingerprint density at radius 3 is 2.63 bits per heavy atom. The van der Waals surface area contributed by atoms with Crippen LogP contribution in [0.25, 0.3) is 11.6 Å². The lowest BCUT2D eigenvalue weighted by Crippen LogP contribution is -2.01. The Morgan fingerprint density at radius 1 is 1.26 bits per heavy atom. The summed E-state index contributed by atoms with van der Waals surface area (Å²) < 4.78 is 7.06. The van der Waals surface area contributed by atoms with Gasteiger partial charge in [0.15, 0.2) is 5.82 Å². The normalized spacial score (nSPS) is 11.5. The van der Waals surface area contributed by atoms with Gasteiger partial charge >= 0.3 is 0 Å². The molecule has 6 heteroatoms. The SMILES string of the molecule is C=Nc1c(/C=C(\C)c2cccc(Cl)n2)c(C)nn1Cc1ccc(OC)cc1. The topological polar surface area (TPSA) is 52.3 Å². The maximum Gasteiger partial charge on any atom is 0.157 e. The van der Waals surface area contributed by atoms with Gasteiger partial charge in [-0.1, -0.05) is 29.8 Å². The molecule has 2 aromatic heterocycles. The number of nitrogens with zero attached hydrogens (tertiary/aromatic N) is 4. The Balaban J connectivity index is 1.95. The molecule has 0 amide bonds. The number of rotatable bonds is 6. The van der Waals surface area contributed by atoms with Gasteiger partial charge in [0.05, 0.1) is 25.0 Å². The molecule has 0 N–H and O–H groups in total. The summed E-state index contributed by atoms with van der Waals surface area (Å²) in [5, 5.41) is 5.11. The van der Waals surface area contributed by atoms with E-state index in [2.05, 4.69) is 21.8 Å². The number of hydrogen-bond acceptors (Lipinski definition) is 4. The lowest BCUT2D eigenvalue weighted by Gasteiger charge is -2.06. The van der Waals surface area contributed by atoms with Crippen molar-refractivity contribution < 1.29 is 4.74 Å². The summed E-state index contributed by atoms with van der Waals surface area (Å²) in [6.07, 6.45) is 2.02. The number of aromatic nitrogens is 3. The van der Waals surface area contributed by atoms with E-state index in [4.69, 9.17) is 16.3 Å². The van der Waals surface area contributed by atoms with Gasteiger partial charge in [-0.3, -0.25) is 0 Å². The zero-order valence-electron chi connectivity index (χ0n) is 15.6. The van der Waals surface area contributed by atoms with Gasteiger partial charge < -0.3 is 4.74 Å². The van der Waals surface area contributed by atoms with Crippen LogP contribution in [0.5, 0.6) is 5.75 Å². The summed E-state index contributed by atoms with van der Waals surface area (Å²) in [4.78, 5) is 8.58. The lowest BCUT2D eigenvalue weighted by molar-refractivity contribution is 0.414. The molecule has 0 aliphatic heterocycles. The van der Waals surface area contributed by atoms with Gasteiger partial charge in [-0.2, -0.15) is 5.10 Å². The van der Waals surface area contributed by atoms with E-state index in [9.17, 15) is 0 Å². The highest BCUT2D eigenvalue weighted by atomic mass is 35.5. The second kappa shape index (κ2) is 8.18. The minimum atomic E-state index is 0.467. The first-order chi connectivity index (χ1) is 13.0.